The Morgan fingerprint density at radius 3 is 2.39 bits per heavy atom. The van der Waals surface area contributed by atoms with Gasteiger partial charge in [-0.3, -0.25) is 14.4 Å². The van der Waals surface area contributed by atoms with Crippen LogP contribution in [0.4, 0.5) is 0 Å². The first-order valence-corrected chi connectivity index (χ1v) is 7.10. The van der Waals surface area contributed by atoms with Crippen LogP contribution in [0.5, 0.6) is 0 Å². The van der Waals surface area contributed by atoms with Gasteiger partial charge in [0.1, 0.15) is 5.56 Å². The number of hydrogen-bond acceptors (Lipinski definition) is 4. The molecule has 0 atom stereocenters. The first kappa shape index (κ1) is 17.9. The maximum absolute atomic E-state index is 11.9. The zero-order valence-electron chi connectivity index (χ0n) is 12.9. The molecule has 1 heterocycles. The van der Waals surface area contributed by atoms with Crippen molar-refractivity contribution in [2.75, 3.05) is 0 Å². The molecule has 0 aliphatic heterocycles. The lowest BCUT2D eigenvalue weighted by Gasteiger charge is -2.05. The van der Waals surface area contributed by atoms with Gasteiger partial charge in [0.2, 0.25) is 0 Å². The molecule has 1 amide bonds. The van der Waals surface area contributed by atoms with Crippen molar-refractivity contribution in [3.05, 3.63) is 69.1 Å². The van der Waals surface area contributed by atoms with Crippen LogP contribution in [0.3, 0.4) is 0 Å². The van der Waals surface area contributed by atoms with Crippen molar-refractivity contribution in [2.24, 2.45) is 0 Å². The predicted molar refractivity (Wildman–Crippen MR) is 86.1 cm³/mol. The van der Waals surface area contributed by atoms with Crippen LogP contribution in [0.2, 0.25) is 0 Å². The molecule has 0 unspecified atom stereocenters. The van der Waals surface area contributed by atoms with E-state index in [4.69, 9.17) is 5.26 Å². The maximum atomic E-state index is 11.9. The van der Waals surface area contributed by atoms with E-state index in [1.165, 1.54) is 12.1 Å². The fourth-order valence-electron chi connectivity index (χ4n) is 1.71. The maximum Gasteiger partial charge on any atom is 0.261 e. The molecule has 118 valence electrons. The summed E-state index contributed by atoms with van der Waals surface area (Å²) in [7, 11) is 0. The van der Waals surface area contributed by atoms with Gasteiger partial charge in [-0.25, -0.2) is 0 Å². The standard InChI is InChI=1S/C15H11N3O3.C2H6/c16-7-10-1-3-11(4-2-10)8-17-14(20)13-6-5-12(9-19)18-15(13)21;1-2/h1-6,9H,8H2,(H,17,20)(H,18,21);1-2H3. The first-order valence-electron chi connectivity index (χ1n) is 7.10. The second-order valence-electron chi connectivity index (χ2n) is 4.27. The Balaban J connectivity index is 0.00000127. The second-order valence-corrected chi connectivity index (χ2v) is 4.27. The molecule has 2 rings (SSSR count). The number of nitrogens with zero attached hydrogens (tertiary/aromatic N) is 1. The second kappa shape index (κ2) is 8.95. The Hall–Kier alpha value is -3.20. The number of hydrogen-bond donors (Lipinski definition) is 2. The normalized spacial score (nSPS) is 9.09. The molecule has 0 saturated heterocycles. The number of nitrogens with one attached hydrogen (secondary N) is 2. The number of pyridine rings is 1. The number of carbonyl (C=O) groups is 2. The van der Waals surface area contributed by atoms with E-state index in [1.54, 1.807) is 24.3 Å². The molecule has 0 aliphatic carbocycles. The highest BCUT2D eigenvalue weighted by molar-refractivity contribution is 5.94. The molecule has 6 nitrogen and oxygen atoms in total. The van der Waals surface area contributed by atoms with E-state index in [0.717, 1.165) is 5.56 Å². The van der Waals surface area contributed by atoms with E-state index in [0.29, 0.717) is 11.8 Å². The zero-order valence-corrected chi connectivity index (χ0v) is 12.9. The van der Waals surface area contributed by atoms with Crippen LogP contribution in [0.1, 0.15) is 45.8 Å². The molecule has 1 aromatic heterocycles. The fraction of sp³-hybridized carbons (Fsp3) is 0.176. The highest BCUT2D eigenvalue weighted by Crippen LogP contribution is 2.03. The lowest BCUT2D eigenvalue weighted by molar-refractivity contribution is 0.0948. The minimum atomic E-state index is -0.614. The summed E-state index contributed by atoms with van der Waals surface area (Å²) in [6.45, 7) is 4.24. The lowest BCUT2D eigenvalue weighted by Crippen LogP contribution is -2.29. The molecule has 0 saturated carbocycles. The molecule has 1 aromatic carbocycles. The largest absolute Gasteiger partial charge is 0.348 e. The molecule has 0 fully saturated rings. The molecule has 6 heteroatoms. The molecule has 2 aromatic rings. The topological polar surface area (TPSA) is 103 Å². The van der Waals surface area contributed by atoms with E-state index in [1.807, 2.05) is 19.9 Å². The van der Waals surface area contributed by atoms with Gasteiger partial charge in [0.15, 0.2) is 6.29 Å². The quantitative estimate of drug-likeness (QED) is 0.843. The Kier molecular flexibility index (Phi) is 6.95. The zero-order chi connectivity index (χ0) is 17.2. The molecule has 23 heavy (non-hydrogen) atoms. The van der Waals surface area contributed by atoms with Crippen molar-refractivity contribution in [3.8, 4) is 6.07 Å². The van der Waals surface area contributed by atoms with Crippen LogP contribution >= 0.6 is 0 Å². The summed E-state index contributed by atoms with van der Waals surface area (Å²) in [5, 5.41) is 11.3. The molecule has 2 N–H and O–H groups in total. The van der Waals surface area contributed by atoms with Gasteiger partial charge >= 0.3 is 0 Å². The SMILES string of the molecule is CC.N#Cc1ccc(CNC(=O)c2ccc(C=O)[nH]c2=O)cc1. The Bertz CT molecular complexity index is 771. The Morgan fingerprint density at radius 2 is 1.87 bits per heavy atom. The van der Waals surface area contributed by atoms with Gasteiger partial charge in [0.05, 0.1) is 17.3 Å². The smallest absolute Gasteiger partial charge is 0.261 e. The average Bonchev–Trinajstić information content (AvgIpc) is 2.61. The number of benzene rings is 1. The first-order chi connectivity index (χ1) is 11.1. The predicted octanol–water partition coefficient (Wildman–Crippen LogP) is 2.02. The molecular weight excluding hydrogens is 294 g/mol. The number of carbonyl (C=O) groups excluding carboxylic acids is 2. The number of rotatable bonds is 4. The molecule has 0 radical (unpaired) electrons. The van der Waals surface area contributed by atoms with E-state index < -0.39 is 11.5 Å². The summed E-state index contributed by atoms with van der Waals surface area (Å²) >= 11 is 0. The number of aldehydes is 1. The van der Waals surface area contributed by atoms with Crippen LogP contribution in [-0.4, -0.2) is 17.2 Å². The minimum absolute atomic E-state index is 0.0609. The van der Waals surface area contributed by atoms with E-state index in [2.05, 4.69) is 10.3 Å². The molecule has 0 aliphatic rings. The average molecular weight is 311 g/mol. The highest BCUT2D eigenvalue weighted by Gasteiger charge is 2.10. The van der Waals surface area contributed by atoms with Gasteiger partial charge in [-0.05, 0) is 29.8 Å². The van der Waals surface area contributed by atoms with Crippen LogP contribution in [0.25, 0.3) is 0 Å². The Labute approximate surface area is 133 Å². The van der Waals surface area contributed by atoms with Gasteiger partial charge in [-0.1, -0.05) is 26.0 Å². The van der Waals surface area contributed by atoms with Crippen molar-refractivity contribution < 1.29 is 9.59 Å². The van der Waals surface area contributed by atoms with Gasteiger partial charge in [-0.15, -0.1) is 0 Å². The summed E-state index contributed by atoms with van der Waals surface area (Å²) in [4.78, 5) is 36.3. The summed E-state index contributed by atoms with van der Waals surface area (Å²) < 4.78 is 0. The van der Waals surface area contributed by atoms with E-state index in [9.17, 15) is 14.4 Å². The van der Waals surface area contributed by atoms with Crippen molar-refractivity contribution in [2.45, 2.75) is 20.4 Å². The van der Waals surface area contributed by atoms with E-state index in [-0.39, 0.29) is 17.8 Å². The summed E-state index contributed by atoms with van der Waals surface area (Å²) in [6, 6.07) is 11.4. The van der Waals surface area contributed by atoms with E-state index >= 15 is 0 Å². The van der Waals surface area contributed by atoms with Gasteiger partial charge in [-0.2, -0.15) is 5.26 Å². The molecular formula is C17H17N3O3. The van der Waals surface area contributed by atoms with Crippen LogP contribution in [0.15, 0.2) is 41.2 Å². The number of aromatic amines is 1. The summed E-state index contributed by atoms with van der Waals surface area (Å²) in [6.07, 6.45) is 0.500. The third-order valence-electron chi connectivity index (χ3n) is 2.84. The van der Waals surface area contributed by atoms with Crippen molar-refractivity contribution in [3.63, 3.8) is 0 Å². The van der Waals surface area contributed by atoms with Crippen LogP contribution in [-0.2, 0) is 6.54 Å². The van der Waals surface area contributed by atoms with Crippen molar-refractivity contribution >= 4 is 12.2 Å². The van der Waals surface area contributed by atoms with Gasteiger partial charge in [0, 0.05) is 6.54 Å². The number of H-pyrrole nitrogens is 1. The summed E-state index contributed by atoms with van der Waals surface area (Å²) in [5.74, 6) is -0.530. The van der Waals surface area contributed by atoms with Crippen LogP contribution < -0.4 is 10.9 Å². The Morgan fingerprint density at radius 1 is 1.22 bits per heavy atom. The highest BCUT2D eigenvalue weighted by atomic mass is 16.2. The monoisotopic (exact) mass is 311 g/mol. The van der Waals surface area contributed by atoms with Crippen molar-refractivity contribution in [1.82, 2.24) is 10.3 Å². The van der Waals surface area contributed by atoms with Crippen LogP contribution in [0, 0.1) is 11.3 Å². The fourth-order valence-corrected chi connectivity index (χ4v) is 1.71. The number of amides is 1. The van der Waals surface area contributed by atoms with Crippen molar-refractivity contribution in [1.29, 1.82) is 5.26 Å². The third kappa shape index (κ3) is 4.93. The summed E-state index contributed by atoms with van der Waals surface area (Å²) in [5.41, 5.74) is 0.782. The van der Waals surface area contributed by atoms with Gasteiger partial charge < -0.3 is 10.3 Å². The lowest BCUT2D eigenvalue weighted by atomic mass is 10.1. The molecule has 0 spiro atoms. The van der Waals surface area contributed by atoms with Gasteiger partial charge in [0.25, 0.3) is 11.5 Å². The third-order valence-corrected chi connectivity index (χ3v) is 2.84. The minimum Gasteiger partial charge on any atom is -0.348 e. The number of nitriles is 1. The molecule has 0 bridgehead atoms. The number of aromatic nitrogens is 1.